The van der Waals surface area contributed by atoms with Crippen molar-refractivity contribution in [2.45, 2.75) is 69.6 Å². The number of esters is 1. The molecule has 1 aliphatic heterocycles. The minimum Gasteiger partial charge on any atom is -0.466 e. The number of ether oxygens (including phenoxy) is 2. The zero-order valence-electron chi connectivity index (χ0n) is 20.9. The molecule has 11 heteroatoms. The molecule has 2 aliphatic rings. The maximum Gasteiger partial charge on any atom is 0.410 e. The molecule has 36 heavy (non-hydrogen) atoms. The van der Waals surface area contributed by atoms with Gasteiger partial charge in [0.15, 0.2) is 5.78 Å². The van der Waals surface area contributed by atoms with Crippen LogP contribution in [0.3, 0.4) is 0 Å². The molecular formula is C25H32BrNO8S. The normalized spacial score (nSPS) is 25.8. The summed E-state index contributed by atoms with van der Waals surface area (Å²) < 4.78 is 42.5. The number of Topliss-reactive ketones (excluding diaryl/α,β-unsaturated/α-hetero) is 1. The van der Waals surface area contributed by atoms with Crippen LogP contribution in [-0.2, 0) is 33.4 Å². The summed E-state index contributed by atoms with van der Waals surface area (Å²) >= 11 is 3.26. The Hall–Kier alpha value is -2.24. The predicted octanol–water partition coefficient (Wildman–Crippen LogP) is 4.25. The quantitative estimate of drug-likeness (QED) is 0.240. The molecule has 9 nitrogen and oxygen atoms in total. The molecular weight excluding hydrogens is 554 g/mol. The molecule has 198 valence electrons. The number of halogens is 1. The van der Waals surface area contributed by atoms with Crippen LogP contribution in [0.25, 0.3) is 0 Å². The van der Waals surface area contributed by atoms with Gasteiger partial charge in [-0.15, -0.1) is 6.58 Å². The zero-order valence-corrected chi connectivity index (χ0v) is 23.3. The monoisotopic (exact) mass is 585 g/mol. The van der Waals surface area contributed by atoms with Gasteiger partial charge < -0.3 is 9.47 Å². The molecule has 0 radical (unpaired) electrons. The van der Waals surface area contributed by atoms with Crippen LogP contribution >= 0.6 is 15.9 Å². The number of allylic oxidation sites excluding steroid dienone is 1. The van der Waals surface area contributed by atoms with Crippen molar-refractivity contribution in [2.24, 2.45) is 11.3 Å². The summed E-state index contributed by atoms with van der Waals surface area (Å²) in [7, 11) is -4.15. The molecule has 1 heterocycles. The molecule has 1 aliphatic carbocycles. The fourth-order valence-corrected chi connectivity index (χ4v) is 5.73. The number of benzene rings is 1. The van der Waals surface area contributed by atoms with Gasteiger partial charge in [0.1, 0.15) is 5.60 Å². The van der Waals surface area contributed by atoms with E-state index in [1.807, 2.05) is 0 Å². The lowest BCUT2D eigenvalue weighted by Gasteiger charge is -2.28. The van der Waals surface area contributed by atoms with Gasteiger partial charge in [0, 0.05) is 17.3 Å². The highest BCUT2D eigenvalue weighted by atomic mass is 79.9. The standard InChI is InChI=1S/C25H32BrNO8S/c1-6-16-13-25(16,22(29)33-7-2)14-21(28)20-12-18(15-27(20)23(30)34-24(3,4)5)35-36(31,32)19-10-8-17(26)9-11-19/h6,8-11,16,18,20H,1,7,12-15H2,2-5H3/t16-,18+,20+,25-/m1/s1. The minimum atomic E-state index is -4.15. The van der Waals surface area contributed by atoms with Gasteiger partial charge in [0.25, 0.3) is 10.1 Å². The lowest BCUT2D eigenvalue weighted by molar-refractivity contribution is -0.152. The molecule has 0 spiro atoms. The first kappa shape index (κ1) is 28.3. The van der Waals surface area contributed by atoms with E-state index in [1.54, 1.807) is 45.9 Å². The van der Waals surface area contributed by atoms with Gasteiger partial charge in [0.05, 0.1) is 35.6 Å². The van der Waals surface area contributed by atoms with Gasteiger partial charge in [0.2, 0.25) is 0 Å². The van der Waals surface area contributed by atoms with Gasteiger partial charge in [-0.1, -0.05) is 22.0 Å². The maximum absolute atomic E-state index is 13.5. The maximum atomic E-state index is 13.5. The summed E-state index contributed by atoms with van der Waals surface area (Å²) in [6.07, 6.45) is 0.131. The third kappa shape index (κ3) is 6.36. The number of carbonyl (C=O) groups is 3. The van der Waals surface area contributed by atoms with Gasteiger partial charge in [-0.25, -0.2) is 4.79 Å². The van der Waals surface area contributed by atoms with Crippen molar-refractivity contribution in [1.29, 1.82) is 0 Å². The fraction of sp³-hybridized carbons (Fsp3) is 0.560. The molecule has 1 saturated carbocycles. The minimum absolute atomic E-state index is 0.0441. The Bertz CT molecular complexity index is 1130. The molecule has 1 amide bonds. The van der Waals surface area contributed by atoms with Crippen molar-refractivity contribution in [3.63, 3.8) is 0 Å². The number of hydrogen-bond acceptors (Lipinski definition) is 8. The molecule has 1 saturated heterocycles. The topological polar surface area (TPSA) is 116 Å². The van der Waals surface area contributed by atoms with Gasteiger partial charge in [-0.05, 0) is 64.3 Å². The molecule has 3 rings (SSSR count). The number of carbonyl (C=O) groups excluding carboxylic acids is 3. The SMILES string of the molecule is C=C[C@@H]1C[C@]1(CC(=O)[C@@H]1C[C@H](OS(=O)(=O)c2ccc(Br)cc2)CN1C(=O)OC(C)(C)C)C(=O)OCC. The van der Waals surface area contributed by atoms with Crippen LogP contribution in [0.4, 0.5) is 4.79 Å². The van der Waals surface area contributed by atoms with Gasteiger partial charge >= 0.3 is 12.1 Å². The van der Waals surface area contributed by atoms with Crippen LogP contribution in [0.2, 0.25) is 0 Å². The van der Waals surface area contributed by atoms with Gasteiger partial charge in [-0.3, -0.25) is 18.7 Å². The van der Waals surface area contributed by atoms with Crippen LogP contribution in [0.5, 0.6) is 0 Å². The Balaban J connectivity index is 1.82. The second-order valence-corrected chi connectivity index (χ2v) is 12.6. The Morgan fingerprint density at radius 1 is 1.22 bits per heavy atom. The Kier molecular flexibility index (Phi) is 8.36. The van der Waals surface area contributed by atoms with E-state index in [1.165, 1.54) is 17.0 Å². The van der Waals surface area contributed by atoms with Crippen molar-refractivity contribution >= 4 is 43.9 Å². The summed E-state index contributed by atoms with van der Waals surface area (Å²) in [6.45, 7) is 10.5. The molecule has 0 bridgehead atoms. The van der Waals surface area contributed by atoms with E-state index >= 15 is 0 Å². The lowest BCUT2D eigenvalue weighted by Crippen LogP contribution is -2.44. The summed E-state index contributed by atoms with van der Waals surface area (Å²) in [6, 6.07) is 4.93. The highest BCUT2D eigenvalue weighted by Crippen LogP contribution is 2.57. The number of likely N-dealkylation sites (tertiary alicyclic amines) is 1. The van der Waals surface area contributed by atoms with Crippen molar-refractivity contribution in [3.05, 3.63) is 41.4 Å². The van der Waals surface area contributed by atoms with E-state index in [-0.39, 0.29) is 42.6 Å². The van der Waals surface area contributed by atoms with Crippen molar-refractivity contribution in [1.82, 2.24) is 4.90 Å². The predicted molar refractivity (Wildman–Crippen MR) is 135 cm³/mol. The molecule has 0 aromatic heterocycles. The molecule has 1 aromatic rings. The van der Waals surface area contributed by atoms with E-state index in [9.17, 15) is 22.8 Å². The van der Waals surface area contributed by atoms with E-state index < -0.39 is 45.3 Å². The zero-order chi connectivity index (χ0) is 26.9. The highest BCUT2D eigenvalue weighted by Gasteiger charge is 2.61. The Morgan fingerprint density at radius 3 is 2.39 bits per heavy atom. The number of hydrogen-bond donors (Lipinski definition) is 0. The summed E-state index contributed by atoms with van der Waals surface area (Å²) in [5.41, 5.74) is -1.85. The first-order valence-electron chi connectivity index (χ1n) is 11.7. The smallest absolute Gasteiger partial charge is 0.410 e. The molecule has 1 aromatic carbocycles. The van der Waals surface area contributed by atoms with Crippen molar-refractivity contribution < 1.29 is 36.5 Å². The van der Waals surface area contributed by atoms with E-state index in [0.717, 1.165) is 0 Å². The van der Waals surface area contributed by atoms with E-state index in [4.69, 9.17) is 13.7 Å². The molecule has 0 unspecified atom stereocenters. The second kappa shape index (κ2) is 10.6. The number of amides is 1. The molecule has 0 N–H and O–H groups in total. The molecule has 2 fully saturated rings. The third-order valence-corrected chi connectivity index (χ3v) is 8.12. The van der Waals surface area contributed by atoms with Crippen molar-refractivity contribution in [3.8, 4) is 0 Å². The first-order chi connectivity index (χ1) is 16.7. The summed E-state index contributed by atoms with van der Waals surface area (Å²) in [4.78, 5) is 40.2. The largest absolute Gasteiger partial charge is 0.466 e. The average molecular weight is 587 g/mol. The number of nitrogens with zero attached hydrogens (tertiary/aromatic N) is 1. The van der Waals surface area contributed by atoms with Crippen LogP contribution in [0.15, 0.2) is 46.3 Å². The van der Waals surface area contributed by atoms with Crippen LogP contribution in [0.1, 0.15) is 47.0 Å². The first-order valence-corrected chi connectivity index (χ1v) is 13.9. The average Bonchev–Trinajstić information content (AvgIpc) is 3.33. The van der Waals surface area contributed by atoms with Crippen LogP contribution < -0.4 is 0 Å². The highest BCUT2D eigenvalue weighted by molar-refractivity contribution is 9.10. The second-order valence-electron chi connectivity index (χ2n) is 10.1. The lowest BCUT2D eigenvalue weighted by atomic mass is 9.92. The summed E-state index contributed by atoms with van der Waals surface area (Å²) in [5, 5.41) is 0. The van der Waals surface area contributed by atoms with Crippen molar-refractivity contribution in [2.75, 3.05) is 13.2 Å². The Labute approximate surface area is 220 Å². The van der Waals surface area contributed by atoms with Crippen LogP contribution in [-0.4, -0.2) is 62.1 Å². The number of rotatable bonds is 9. The van der Waals surface area contributed by atoms with E-state index in [0.29, 0.717) is 10.9 Å². The fourth-order valence-electron chi connectivity index (χ4n) is 4.39. The molecule has 4 atom stereocenters. The number of ketones is 1. The van der Waals surface area contributed by atoms with Gasteiger partial charge in [-0.2, -0.15) is 8.42 Å². The third-order valence-electron chi connectivity index (χ3n) is 6.22. The van der Waals surface area contributed by atoms with Crippen LogP contribution in [0, 0.1) is 11.3 Å². The summed E-state index contributed by atoms with van der Waals surface area (Å²) in [5.74, 6) is -1.07. The Morgan fingerprint density at radius 2 is 1.86 bits per heavy atom. The van der Waals surface area contributed by atoms with E-state index in [2.05, 4.69) is 22.5 Å².